The number of carbonyl (C=O) groups excluding carboxylic acids is 1. The van der Waals surface area contributed by atoms with Gasteiger partial charge in [0.25, 0.3) is 0 Å². The lowest BCUT2D eigenvalue weighted by molar-refractivity contribution is 0.111. The molecule has 0 aromatic carbocycles. The Labute approximate surface area is 65.8 Å². The lowest BCUT2D eigenvalue weighted by Crippen LogP contribution is -1.93. The van der Waals surface area contributed by atoms with Crippen molar-refractivity contribution in [2.24, 2.45) is 0 Å². The van der Waals surface area contributed by atoms with Gasteiger partial charge < -0.3 is 4.98 Å². The highest BCUT2D eigenvalue weighted by molar-refractivity contribution is 5.71. The van der Waals surface area contributed by atoms with Gasteiger partial charge in [0.15, 0.2) is 6.29 Å². The minimum absolute atomic E-state index is 0.406. The molecule has 0 aliphatic rings. The predicted molar refractivity (Wildman–Crippen MR) is 42.7 cm³/mol. The fourth-order valence-corrected chi connectivity index (χ4v) is 0.855. The van der Waals surface area contributed by atoms with Crippen molar-refractivity contribution < 1.29 is 4.79 Å². The molecule has 11 heavy (non-hydrogen) atoms. The molecule has 60 valence electrons. The van der Waals surface area contributed by atoms with Crippen LogP contribution in [0.2, 0.25) is 0 Å². The summed E-state index contributed by atoms with van der Waals surface area (Å²) < 4.78 is 0. The SMILES string of the molecule is CCC(C)c1ncc(C=O)[nH]1. The Morgan fingerprint density at radius 2 is 2.55 bits per heavy atom. The summed E-state index contributed by atoms with van der Waals surface area (Å²) in [7, 11) is 0. The second-order valence-electron chi connectivity index (χ2n) is 2.65. The van der Waals surface area contributed by atoms with E-state index in [1.807, 2.05) is 0 Å². The minimum Gasteiger partial charge on any atom is -0.340 e. The van der Waals surface area contributed by atoms with Crippen LogP contribution in [0.3, 0.4) is 0 Å². The van der Waals surface area contributed by atoms with Crippen LogP contribution in [0, 0.1) is 0 Å². The van der Waals surface area contributed by atoms with E-state index in [1.54, 1.807) is 6.20 Å². The number of aromatic nitrogens is 2. The second-order valence-corrected chi connectivity index (χ2v) is 2.65. The van der Waals surface area contributed by atoms with Gasteiger partial charge in [0.2, 0.25) is 0 Å². The Balaban J connectivity index is 2.79. The molecule has 0 bridgehead atoms. The second kappa shape index (κ2) is 3.32. The highest BCUT2D eigenvalue weighted by Crippen LogP contribution is 2.13. The summed E-state index contributed by atoms with van der Waals surface area (Å²) in [6.07, 6.45) is 3.37. The molecule has 0 spiro atoms. The van der Waals surface area contributed by atoms with Crippen molar-refractivity contribution in [2.45, 2.75) is 26.2 Å². The monoisotopic (exact) mass is 152 g/mol. The van der Waals surface area contributed by atoms with Crippen molar-refractivity contribution in [3.8, 4) is 0 Å². The summed E-state index contributed by atoms with van der Waals surface area (Å²) in [6, 6.07) is 0. The van der Waals surface area contributed by atoms with Gasteiger partial charge in [-0.3, -0.25) is 4.79 Å². The molecule has 1 heterocycles. The molecule has 0 fully saturated rings. The Hall–Kier alpha value is -1.12. The van der Waals surface area contributed by atoms with E-state index in [2.05, 4.69) is 23.8 Å². The quantitative estimate of drug-likeness (QED) is 0.670. The average molecular weight is 152 g/mol. The lowest BCUT2D eigenvalue weighted by Gasteiger charge is -2.01. The molecule has 1 aromatic rings. The molecule has 1 atom stereocenters. The summed E-state index contributed by atoms with van der Waals surface area (Å²) in [6.45, 7) is 4.17. The molecule has 3 heteroatoms. The number of nitrogens with one attached hydrogen (secondary N) is 1. The van der Waals surface area contributed by atoms with Crippen molar-refractivity contribution >= 4 is 6.29 Å². The van der Waals surface area contributed by atoms with Crippen LogP contribution in [-0.2, 0) is 0 Å². The first-order valence-electron chi connectivity index (χ1n) is 3.78. The van der Waals surface area contributed by atoms with Crippen LogP contribution in [0.1, 0.15) is 42.5 Å². The van der Waals surface area contributed by atoms with Crippen molar-refractivity contribution in [2.75, 3.05) is 0 Å². The van der Waals surface area contributed by atoms with E-state index < -0.39 is 0 Å². The van der Waals surface area contributed by atoms with Crippen LogP contribution < -0.4 is 0 Å². The predicted octanol–water partition coefficient (Wildman–Crippen LogP) is 1.74. The maximum Gasteiger partial charge on any atom is 0.167 e. The summed E-state index contributed by atoms with van der Waals surface area (Å²) in [4.78, 5) is 17.3. The third kappa shape index (κ3) is 1.67. The highest BCUT2D eigenvalue weighted by Gasteiger charge is 2.05. The Bertz CT molecular complexity index is 242. The normalized spacial score (nSPS) is 12.9. The zero-order valence-electron chi connectivity index (χ0n) is 6.79. The molecule has 1 N–H and O–H groups in total. The highest BCUT2D eigenvalue weighted by atomic mass is 16.1. The molecule has 0 amide bonds. The first-order valence-corrected chi connectivity index (χ1v) is 3.78. The number of rotatable bonds is 3. The Morgan fingerprint density at radius 1 is 1.82 bits per heavy atom. The Morgan fingerprint density at radius 3 is 3.00 bits per heavy atom. The molecule has 1 aromatic heterocycles. The van der Waals surface area contributed by atoms with Gasteiger partial charge in [0, 0.05) is 5.92 Å². The van der Waals surface area contributed by atoms with E-state index >= 15 is 0 Å². The number of hydrogen-bond acceptors (Lipinski definition) is 2. The molecular weight excluding hydrogens is 140 g/mol. The molecular formula is C8H12N2O. The van der Waals surface area contributed by atoms with Crippen molar-refractivity contribution in [1.82, 2.24) is 9.97 Å². The summed E-state index contributed by atoms with van der Waals surface area (Å²) in [5.74, 6) is 1.30. The molecule has 0 saturated carbocycles. The van der Waals surface area contributed by atoms with Crippen LogP contribution in [0.25, 0.3) is 0 Å². The summed E-state index contributed by atoms with van der Waals surface area (Å²) in [5.41, 5.74) is 0.556. The number of carbonyl (C=O) groups is 1. The number of hydrogen-bond donors (Lipinski definition) is 1. The van der Waals surface area contributed by atoms with Gasteiger partial charge in [-0.1, -0.05) is 13.8 Å². The zero-order valence-corrected chi connectivity index (χ0v) is 6.79. The van der Waals surface area contributed by atoms with E-state index in [0.29, 0.717) is 11.6 Å². The largest absolute Gasteiger partial charge is 0.340 e. The first-order chi connectivity index (χ1) is 5.27. The first kappa shape index (κ1) is 7.98. The smallest absolute Gasteiger partial charge is 0.167 e. The number of imidazole rings is 1. The van der Waals surface area contributed by atoms with Gasteiger partial charge in [0.1, 0.15) is 5.82 Å². The van der Waals surface area contributed by atoms with E-state index in [4.69, 9.17) is 0 Å². The fraction of sp³-hybridized carbons (Fsp3) is 0.500. The molecule has 1 unspecified atom stereocenters. The van der Waals surface area contributed by atoms with Gasteiger partial charge in [0.05, 0.1) is 11.9 Å². The molecule has 0 aliphatic carbocycles. The van der Waals surface area contributed by atoms with Gasteiger partial charge >= 0.3 is 0 Å². The van der Waals surface area contributed by atoms with E-state index in [1.165, 1.54) is 0 Å². The molecule has 0 radical (unpaired) electrons. The standard InChI is InChI=1S/C8H12N2O/c1-3-6(2)8-9-4-7(5-11)10-8/h4-6H,3H2,1-2H3,(H,9,10). The summed E-state index contributed by atoms with van der Waals surface area (Å²) >= 11 is 0. The average Bonchev–Trinajstić information content (AvgIpc) is 2.50. The van der Waals surface area contributed by atoms with Crippen molar-refractivity contribution in [3.63, 3.8) is 0 Å². The maximum atomic E-state index is 10.3. The Kier molecular flexibility index (Phi) is 2.41. The van der Waals surface area contributed by atoms with Crippen molar-refractivity contribution in [1.29, 1.82) is 0 Å². The molecule has 3 nitrogen and oxygen atoms in total. The minimum atomic E-state index is 0.406. The summed E-state index contributed by atoms with van der Waals surface area (Å²) in [5, 5.41) is 0. The third-order valence-corrected chi connectivity index (χ3v) is 1.82. The van der Waals surface area contributed by atoms with Crippen LogP contribution in [0.5, 0.6) is 0 Å². The van der Waals surface area contributed by atoms with Crippen LogP contribution >= 0.6 is 0 Å². The topological polar surface area (TPSA) is 45.8 Å². The zero-order chi connectivity index (χ0) is 8.27. The number of aldehydes is 1. The van der Waals surface area contributed by atoms with Gasteiger partial charge in [-0.2, -0.15) is 0 Å². The number of H-pyrrole nitrogens is 1. The van der Waals surface area contributed by atoms with Gasteiger partial charge in [-0.15, -0.1) is 0 Å². The molecule has 1 rings (SSSR count). The van der Waals surface area contributed by atoms with E-state index in [-0.39, 0.29) is 0 Å². The third-order valence-electron chi connectivity index (χ3n) is 1.82. The van der Waals surface area contributed by atoms with Crippen LogP contribution in [0.4, 0.5) is 0 Å². The number of nitrogens with zero attached hydrogens (tertiary/aromatic N) is 1. The van der Waals surface area contributed by atoms with Crippen LogP contribution in [-0.4, -0.2) is 16.3 Å². The van der Waals surface area contributed by atoms with Gasteiger partial charge in [-0.05, 0) is 6.42 Å². The molecule has 0 aliphatic heterocycles. The number of aromatic amines is 1. The maximum absolute atomic E-state index is 10.3. The van der Waals surface area contributed by atoms with Crippen molar-refractivity contribution in [3.05, 3.63) is 17.7 Å². The van der Waals surface area contributed by atoms with E-state index in [9.17, 15) is 4.79 Å². The molecule has 0 saturated heterocycles. The lowest BCUT2D eigenvalue weighted by atomic mass is 10.1. The van der Waals surface area contributed by atoms with Crippen LogP contribution in [0.15, 0.2) is 6.20 Å². The fourth-order valence-electron chi connectivity index (χ4n) is 0.855. The van der Waals surface area contributed by atoms with E-state index in [0.717, 1.165) is 18.5 Å². The van der Waals surface area contributed by atoms with Gasteiger partial charge in [-0.25, -0.2) is 4.98 Å².